The van der Waals surface area contributed by atoms with Crippen LogP contribution in [0.3, 0.4) is 0 Å². The van der Waals surface area contributed by atoms with Gasteiger partial charge in [0.2, 0.25) is 0 Å². The molecule has 0 saturated carbocycles. The van der Waals surface area contributed by atoms with Crippen molar-refractivity contribution in [2.45, 2.75) is 31.7 Å². The van der Waals surface area contributed by atoms with Crippen LogP contribution in [0.2, 0.25) is 5.02 Å². The zero-order valence-electron chi connectivity index (χ0n) is 11.5. The maximum atomic E-state index is 6.23. The summed E-state index contributed by atoms with van der Waals surface area (Å²) in [7, 11) is 0. The average Bonchev–Trinajstić information content (AvgIpc) is 2.98. The van der Waals surface area contributed by atoms with Gasteiger partial charge in [-0.3, -0.25) is 9.88 Å². The molecule has 2 aliphatic rings. The molecular formula is C14H16ClN5O. The Balaban J connectivity index is 1.52. The van der Waals surface area contributed by atoms with Gasteiger partial charge in [-0.05, 0) is 12.5 Å². The summed E-state index contributed by atoms with van der Waals surface area (Å²) in [6.07, 6.45) is 6.58. The minimum Gasteiger partial charge on any atom is -0.370 e. The van der Waals surface area contributed by atoms with Crippen LogP contribution in [0.1, 0.15) is 23.7 Å². The molecular weight excluding hydrogens is 290 g/mol. The van der Waals surface area contributed by atoms with Crippen LogP contribution in [0.5, 0.6) is 0 Å². The Morgan fingerprint density at radius 2 is 2.33 bits per heavy atom. The van der Waals surface area contributed by atoms with E-state index in [2.05, 4.69) is 20.2 Å². The van der Waals surface area contributed by atoms with Crippen LogP contribution in [-0.4, -0.2) is 44.1 Å². The van der Waals surface area contributed by atoms with Gasteiger partial charge in [0.15, 0.2) is 0 Å². The van der Waals surface area contributed by atoms with E-state index in [0.717, 1.165) is 42.3 Å². The number of piperidine rings is 1. The number of hydrogen-bond acceptors (Lipinski definition) is 5. The zero-order chi connectivity index (χ0) is 14.2. The minimum absolute atomic E-state index is 0.236. The highest BCUT2D eigenvalue weighted by Gasteiger charge is 2.36. The molecule has 2 aromatic heterocycles. The third-order valence-corrected chi connectivity index (χ3v) is 4.62. The fourth-order valence-corrected chi connectivity index (χ4v) is 3.32. The summed E-state index contributed by atoms with van der Waals surface area (Å²) in [5.41, 5.74) is 2.12. The number of likely N-dealkylation sites (tertiary alicyclic amines) is 1. The molecule has 4 heterocycles. The largest absolute Gasteiger partial charge is 0.370 e. The number of rotatable bonds is 2. The first-order valence-corrected chi connectivity index (χ1v) is 7.50. The van der Waals surface area contributed by atoms with Gasteiger partial charge in [0.25, 0.3) is 0 Å². The summed E-state index contributed by atoms with van der Waals surface area (Å²) < 4.78 is 7.94. The Morgan fingerprint density at radius 3 is 3.24 bits per heavy atom. The summed E-state index contributed by atoms with van der Waals surface area (Å²) >= 11 is 6.23. The maximum absolute atomic E-state index is 6.23. The predicted molar refractivity (Wildman–Crippen MR) is 76.8 cm³/mol. The highest BCUT2D eigenvalue weighted by Crippen LogP contribution is 2.31. The van der Waals surface area contributed by atoms with E-state index in [0.29, 0.717) is 6.61 Å². The highest BCUT2D eigenvalue weighted by atomic mass is 35.5. The first kappa shape index (κ1) is 13.2. The molecule has 4 rings (SSSR count). The molecule has 2 atom stereocenters. The molecule has 0 radical (unpaired) electrons. The van der Waals surface area contributed by atoms with Crippen LogP contribution in [0, 0.1) is 0 Å². The Kier molecular flexibility index (Phi) is 3.37. The lowest BCUT2D eigenvalue weighted by Crippen LogP contribution is -2.47. The van der Waals surface area contributed by atoms with E-state index >= 15 is 0 Å². The van der Waals surface area contributed by atoms with E-state index in [9.17, 15) is 0 Å². The summed E-state index contributed by atoms with van der Waals surface area (Å²) in [5, 5.41) is 8.99. The molecule has 0 N–H and O–H groups in total. The lowest BCUT2D eigenvalue weighted by atomic mass is 10.00. The predicted octanol–water partition coefficient (Wildman–Crippen LogP) is 1.67. The SMILES string of the molecule is Clc1ccncc1CN1CC[C@H]2OCc3cnnn3[C@H]2C1. The molecule has 2 aliphatic heterocycles. The number of aromatic nitrogens is 4. The van der Waals surface area contributed by atoms with E-state index < -0.39 is 0 Å². The smallest absolute Gasteiger partial charge is 0.0930 e. The second-order valence-electron chi connectivity index (χ2n) is 5.58. The fraction of sp³-hybridized carbons (Fsp3) is 0.500. The maximum Gasteiger partial charge on any atom is 0.0930 e. The van der Waals surface area contributed by atoms with E-state index in [-0.39, 0.29) is 12.1 Å². The third kappa shape index (κ3) is 2.43. The molecule has 0 aliphatic carbocycles. The molecule has 0 unspecified atom stereocenters. The van der Waals surface area contributed by atoms with Crippen LogP contribution in [0.4, 0.5) is 0 Å². The standard InChI is InChI=1S/C14H16ClN5O/c15-12-1-3-16-5-10(12)7-19-4-2-14-13(8-19)20-11(9-21-14)6-17-18-20/h1,3,5-6,13-14H,2,4,7-9H2/t13-,14+/m0/s1. The lowest BCUT2D eigenvalue weighted by Gasteiger charge is -2.41. The number of hydrogen-bond donors (Lipinski definition) is 0. The molecule has 110 valence electrons. The van der Waals surface area contributed by atoms with Gasteiger partial charge in [0.1, 0.15) is 0 Å². The van der Waals surface area contributed by atoms with Gasteiger partial charge >= 0.3 is 0 Å². The molecule has 7 heteroatoms. The molecule has 2 aromatic rings. The molecule has 6 nitrogen and oxygen atoms in total. The Bertz CT molecular complexity index is 646. The van der Waals surface area contributed by atoms with Crippen LogP contribution in [-0.2, 0) is 17.9 Å². The van der Waals surface area contributed by atoms with Crippen molar-refractivity contribution < 1.29 is 4.74 Å². The number of ether oxygens (including phenoxy) is 1. The zero-order valence-corrected chi connectivity index (χ0v) is 12.3. The molecule has 1 saturated heterocycles. The van der Waals surface area contributed by atoms with Crippen molar-refractivity contribution in [3.05, 3.63) is 40.9 Å². The van der Waals surface area contributed by atoms with Gasteiger partial charge in [-0.15, -0.1) is 5.10 Å². The molecule has 0 aromatic carbocycles. The molecule has 0 bridgehead atoms. The summed E-state index contributed by atoms with van der Waals surface area (Å²) in [5.74, 6) is 0. The number of fused-ring (bicyclic) bond motifs is 3. The van der Waals surface area contributed by atoms with E-state index in [1.54, 1.807) is 12.4 Å². The van der Waals surface area contributed by atoms with Crippen LogP contribution in [0.15, 0.2) is 24.7 Å². The highest BCUT2D eigenvalue weighted by molar-refractivity contribution is 6.31. The van der Waals surface area contributed by atoms with Crippen LogP contribution < -0.4 is 0 Å². The molecule has 0 amide bonds. The van der Waals surface area contributed by atoms with E-state index in [4.69, 9.17) is 16.3 Å². The van der Waals surface area contributed by atoms with Crippen molar-refractivity contribution in [3.8, 4) is 0 Å². The lowest BCUT2D eigenvalue weighted by molar-refractivity contribution is -0.0669. The van der Waals surface area contributed by atoms with Crippen molar-refractivity contribution in [2.75, 3.05) is 13.1 Å². The van der Waals surface area contributed by atoms with Gasteiger partial charge in [0, 0.05) is 42.6 Å². The van der Waals surface area contributed by atoms with Gasteiger partial charge in [-0.2, -0.15) is 0 Å². The van der Waals surface area contributed by atoms with Gasteiger partial charge in [-0.1, -0.05) is 16.8 Å². The number of halogens is 1. The first-order valence-electron chi connectivity index (χ1n) is 7.12. The van der Waals surface area contributed by atoms with Crippen LogP contribution in [0.25, 0.3) is 0 Å². The third-order valence-electron chi connectivity index (χ3n) is 4.25. The first-order chi connectivity index (χ1) is 10.3. The van der Waals surface area contributed by atoms with Gasteiger partial charge in [-0.25, -0.2) is 4.68 Å². The monoisotopic (exact) mass is 305 g/mol. The van der Waals surface area contributed by atoms with Crippen molar-refractivity contribution in [3.63, 3.8) is 0 Å². The average molecular weight is 306 g/mol. The summed E-state index contributed by atoms with van der Waals surface area (Å²) in [6.45, 7) is 3.31. The number of pyridine rings is 1. The van der Waals surface area contributed by atoms with E-state index in [1.807, 2.05) is 16.9 Å². The second kappa shape index (κ2) is 5.36. The van der Waals surface area contributed by atoms with Gasteiger partial charge < -0.3 is 4.74 Å². The Morgan fingerprint density at radius 1 is 1.38 bits per heavy atom. The fourth-order valence-electron chi connectivity index (χ4n) is 3.16. The van der Waals surface area contributed by atoms with Gasteiger partial charge in [0.05, 0.1) is 30.6 Å². The topological polar surface area (TPSA) is 56.1 Å². The number of nitrogens with zero attached hydrogens (tertiary/aromatic N) is 5. The summed E-state index contributed by atoms with van der Waals surface area (Å²) in [4.78, 5) is 6.54. The van der Waals surface area contributed by atoms with Crippen LogP contribution >= 0.6 is 11.6 Å². The van der Waals surface area contributed by atoms with E-state index in [1.165, 1.54) is 0 Å². The molecule has 21 heavy (non-hydrogen) atoms. The Labute approximate surface area is 127 Å². The molecule has 1 fully saturated rings. The van der Waals surface area contributed by atoms with Crippen molar-refractivity contribution in [2.24, 2.45) is 0 Å². The van der Waals surface area contributed by atoms with Crippen molar-refractivity contribution in [1.29, 1.82) is 0 Å². The summed E-state index contributed by atoms with van der Waals surface area (Å²) in [6, 6.07) is 2.07. The van der Waals surface area contributed by atoms with Crippen molar-refractivity contribution >= 4 is 11.6 Å². The quantitative estimate of drug-likeness (QED) is 0.845. The molecule has 0 spiro atoms. The Hall–Kier alpha value is -1.50. The minimum atomic E-state index is 0.236. The van der Waals surface area contributed by atoms with Crippen molar-refractivity contribution in [1.82, 2.24) is 24.9 Å². The normalized spacial score (nSPS) is 25.4. The second-order valence-corrected chi connectivity index (χ2v) is 5.98.